The zero-order valence-electron chi connectivity index (χ0n) is 19.5. The molecule has 0 aromatic rings. The van der Waals surface area contributed by atoms with Crippen molar-refractivity contribution in [2.45, 2.75) is 122 Å². The summed E-state index contributed by atoms with van der Waals surface area (Å²) < 4.78 is 0. The van der Waals surface area contributed by atoms with Gasteiger partial charge in [-0.25, -0.2) is 0 Å². The van der Waals surface area contributed by atoms with Crippen LogP contribution in [0.25, 0.3) is 0 Å². The van der Waals surface area contributed by atoms with Gasteiger partial charge >= 0.3 is 0 Å². The fourth-order valence-corrected chi connectivity index (χ4v) is 6.20. The second kappa shape index (κ2) is 17.7. The second-order valence-corrected chi connectivity index (χ2v) is 10.5. The molecule has 4 fully saturated rings. The maximum absolute atomic E-state index is 2.51. The topological polar surface area (TPSA) is 0 Å². The van der Waals surface area contributed by atoms with E-state index in [1.165, 1.54) is 77.0 Å². The van der Waals surface area contributed by atoms with Gasteiger partial charge in [0.15, 0.2) is 0 Å². The molecule has 0 atom stereocenters. The van der Waals surface area contributed by atoms with Gasteiger partial charge < -0.3 is 19.3 Å². The minimum absolute atomic E-state index is 0. The Labute approximate surface area is 236 Å². The third-order valence-corrected chi connectivity index (χ3v) is 8.14. The molecular weight excluding hydrogens is 694 g/mol. The van der Waals surface area contributed by atoms with Crippen LogP contribution >= 0.6 is 0 Å². The monoisotopic (exact) mass is 741 g/mol. The van der Waals surface area contributed by atoms with Gasteiger partial charge in [0.25, 0.3) is 0 Å². The molecule has 0 aliphatic heterocycles. The smallest absolute Gasteiger partial charge is 0 e. The average Bonchev–Trinajstić information content (AvgIpc) is 2.72. The van der Waals surface area contributed by atoms with E-state index in [1.807, 2.05) is 0 Å². The minimum atomic E-state index is 0. The quantitative estimate of drug-likeness (QED) is 0.253. The van der Waals surface area contributed by atoms with Crippen LogP contribution in [0.15, 0.2) is 0 Å². The van der Waals surface area contributed by atoms with Crippen LogP contribution in [0.3, 0.4) is 0 Å². The molecule has 2 heteroatoms. The van der Waals surface area contributed by atoms with Gasteiger partial charge in [0.1, 0.15) is 0 Å². The van der Waals surface area contributed by atoms with Gasteiger partial charge in [-0.2, -0.15) is 38.5 Å². The van der Waals surface area contributed by atoms with Crippen molar-refractivity contribution in [3.8, 4) is 0 Å². The molecule has 0 aromatic heterocycles. The first-order valence-corrected chi connectivity index (χ1v) is 12.7. The van der Waals surface area contributed by atoms with E-state index in [4.69, 9.17) is 0 Å². The predicted octanol–water partition coefficient (Wildman–Crippen LogP) is 8.76. The summed E-state index contributed by atoms with van der Waals surface area (Å²) in [7, 11) is 0. The first kappa shape index (κ1) is 29.3. The van der Waals surface area contributed by atoms with Gasteiger partial charge in [-0.3, -0.25) is 0 Å². The second-order valence-electron chi connectivity index (χ2n) is 10.5. The van der Waals surface area contributed by atoms with Crippen LogP contribution in [0.4, 0.5) is 0 Å². The minimum Gasteiger partial charge on any atom is -0.328 e. The molecule has 2 radical (unpaired) electrons. The summed E-state index contributed by atoms with van der Waals surface area (Å²) in [4.78, 5) is 0. The molecule has 0 unspecified atom stereocenters. The first-order valence-electron chi connectivity index (χ1n) is 12.7. The predicted molar refractivity (Wildman–Crippen MR) is 119 cm³/mol. The molecule has 0 amide bonds. The van der Waals surface area contributed by atoms with E-state index in [1.54, 1.807) is 38.5 Å². The molecule has 4 rings (SSSR count). The van der Waals surface area contributed by atoms with Gasteiger partial charge in [-0.15, -0.1) is 0 Å². The summed E-state index contributed by atoms with van der Waals surface area (Å²) in [5.41, 5.74) is 0. The van der Waals surface area contributed by atoms with Crippen LogP contribution in [0.2, 0.25) is 0 Å². The molecule has 0 N–H and O–H groups in total. The molecule has 4 aliphatic carbocycles. The van der Waals surface area contributed by atoms with Crippen molar-refractivity contribution in [2.75, 3.05) is 0 Å². The Morgan fingerprint density at radius 2 is 0.759 bits per heavy atom. The molecule has 0 saturated heterocycles. The molecule has 29 heavy (non-hydrogen) atoms. The fraction of sp³-hybridized carbons (Fsp3) is 0.889. The molecule has 0 nitrogen and oxygen atoms in total. The van der Waals surface area contributed by atoms with Crippen molar-refractivity contribution in [2.24, 2.45) is 29.6 Å². The van der Waals surface area contributed by atoms with E-state index in [2.05, 4.69) is 26.2 Å². The van der Waals surface area contributed by atoms with Gasteiger partial charge in [-0.05, 0) is 42.4 Å². The third kappa shape index (κ3) is 12.4. The van der Waals surface area contributed by atoms with Crippen molar-refractivity contribution in [1.82, 2.24) is 0 Å². The zero-order chi connectivity index (χ0) is 18.7. The van der Waals surface area contributed by atoms with Gasteiger partial charge in [0.2, 0.25) is 0 Å². The Bertz CT molecular complexity index is 331. The molecule has 0 heterocycles. The van der Waals surface area contributed by atoms with E-state index in [0.29, 0.717) is 0 Å². The van der Waals surface area contributed by atoms with Crippen molar-refractivity contribution in [1.29, 1.82) is 0 Å². The van der Waals surface area contributed by atoms with Crippen LogP contribution in [-0.4, -0.2) is 0 Å². The van der Waals surface area contributed by atoms with Gasteiger partial charge in [0, 0.05) is 67.9 Å². The summed E-state index contributed by atoms with van der Waals surface area (Å²) in [6.45, 7) is 2.34. The Morgan fingerprint density at radius 1 is 0.483 bits per heavy atom. The third-order valence-electron chi connectivity index (χ3n) is 8.14. The van der Waals surface area contributed by atoms with Crippen LogP contribution < -0.4 is 0 Å². The zero-order valence-corrected chi connectivity index (χ0v) is 27.9. The normalized spacial score (nSPS) is 29.7. The standard InChI is InChI=1S/C20H34.C7H13.La.Pa/c1-3-7-17(8-4-1)15-19-11-13-20(14-12-19)16-18-9-5-2-6-10-18;1-7-5-3-2-4-6-7;;/h1-2,17-20H,3-16H2;2,7H,3-6H2,1H3;;/q-2;-1;;. The Balaban J connectivity index is 0.000000401. The van der Waals surface area contributed by atoms with Crippen LogP contribution in [-0.2, 0) is 0 Å². The average molecular weight is 742 g/mol. The van der Waals surface area contributed by atoms with E-state index < -0.39 is 0 Å². The number of hydrogen-bond donors (Lipinski definition) is 0. The first-order chi connectivity index (χ1) is 13.3. The van der Waals surface area contributed by atoms with Gasteiger partial charge in [-0.1, -0.05) is 71.1 Å². The molecule has 164 valence electrons. The Morgan fingerprint density at radius 3 is 1.03 bits per heavy atom. The fourth-order valence-electron chi connectivity index (χ4n) is 6.20. The number of hydrogen-bond acceptors (Lipinski definition) is 0. The maximum Gasteiger partial charge on any atom is 0 e. The Kier molecular flexibility index (Phi) is 17.9. The molecule has 0 aromatic carbocycles. The van der Waals surface area contributed by atoms with Crippen molar-refractivity contribution in [3.63, 3.8) is 0 Å². The van der Waals surface area contributed by atoms with E-state index in [0.717, 1.165) is 29.6 Å². The van der Waals surface area contributed by atoms with E-state index in [9.17, 15) is 0 Å². The van der Waals surface area contributed by atoms with E-state index >= 15 is 0 Å². The van der Waals surface area contributed by atoms with Crippen LogP contribution in [0.5, 0.6) is 0 Å². The van der Waals surface area contributed by atoms with Crippen molar-refractivity contribution in [3.05, 3.63) is 19.3 Å². The molecule has 0 spiro atoms. The SMILES string of the molecule is CC1CC[CH-]CC1.[CH-]1CCC(CC2CCC(CC3CC[CH-]CC3)CC2)CC1.[La].[Pa]. The summed E-state index contributed by atoms with van der Waals surface area (Å²) in [6.07, 6.45) is 34.0. The molecule has 4 aliphatic rings. The summed E-state index contributed by atoms with van der Waals surface area (Å²) in [6, 6.07) is 0. The summed E-state index contributed by atoms with van der Waals surface area (Å²) in [5, 5.41) is 0. The molecule has 0 bridgehead atoms. The summed E-state index contributed by atoms with van der Waals surface area (Å²) >= 11 is 0. The summed E-state index contributed by atoms with van der Waals surface area (Å²) in [5.74, 6) is 5.35. The van der Waals surface area contributed by atoms with Crippen molar-refractivity contribution < 1.29 is 67.9 Å². The van der Waals surface area contributed by atoms with Crippen LogP contribution in [0.1, 0.15) is 122 Å². The van der Waals surface area contributed by atoms with Crippen LogP contribution in [0, 0.1) is 117 Å². The van der Waals surface area contributed by atoms with E-state index in [-0.39, 0.29) is 67.9 Å². The largest absolute Gasteiger partial charge is 0.328 e. The van der Waals surface area contributed by atoms with Gasteiger partial charge in [0.05, 0.1) is 0 Å². The number of rotatable bonds is 4. The molecular formula is C27H47LaPa-3. The Hall–Kier alpha value is 2.29. The maximum atomic E-state index is 2.51. The van der Waals surface area contributed by atoms with Crippen molar-refractivity contribution >= 4 is 0 Å². The molecule has 4 saturated carbocycles.